The molecule has 9 nitrogen and oxygen atoms in total. The number of halogens is 2. The molecule has 11 heteroatoms. The summed E-state index contributed by atoms with van der Waals surface area (Å²) in [7, 11) is 1.92. The van der Waals surface area contributed by atoms with Crippen molar-refractivity contribution < 1.29 is 18.7 Å². The van der Waals surface area contributed by atoms with Gasteiger partial charge in [-0.1, -0.05) is 19.1 Å². The quantitative estimate of drug-likeness (QED) is 0.198. The number of anilines is 1. The molecule has 0 bridgehead atoms. The van der Waals surface area contributed by atoms with Crippen LogP contribution in [-0.2, 0) is 31.2 Å². The van der Waals surface area contributed by atoms with Crippen LogP contribution in [0.2, 0.25) is 0 Å². The van der Waals surface area contributed by atoms with Gasteiger partial charge in [0, 0.05) is 55.1 Å². The Balaban J connectivity index is 1.27. The molecule has 2 fully saturated rings. The van der Waals surface area contributed by atoms with Crippen molar-refractivity contribution in [3.8, 4) is 0 Å². The number of rotatable bonds is 13. The fourth-order valence-electron chi connectivity index (χ4n) is 8.26. The van der Waals surface area contributed by atoms with Crippen LogP contribution in [0.3, 0.4) is 0 Å². The van der Waals surface area contributed by atoms with Crippen LogP contribution < -0.4 is 10.6 Å². The molecule has 0 spiro atoms. The molecule has 3 heterocycles. The molecule has 4 atom stereocenters. The fourth-order valence-corrected chi connectivity index (χ4v) is 8.26. The van der Waals surface area contributed by atoms with Gasteiger partial charge in [0.25, 0.3) is 0 Å². The first-order valence-corrected chi connectivity index (χ1v) is 17.9. The van der Waals surface area contributed by atoms with E-state index in [1.807, 2.05) is 30.2 Å². The monoisotopic (exact) mass is 663 g/mol. The molecule has 1 saturated carbocycles. The summed E-state index contributed by atoms with van der Waals surface area (Å²) in [4.78, 5) is 24.1. The zero-order valence-electron chi connectivity index (χ0n) is 28.4. The van der Waals surface area contributed by atoms with Crippen molar-refractivity contribution in [2.24, 2.45) is 24.8 Å². The molecule has 3 N–H and O–H groups in total. The number of hydrogen-bond acceptors (Lipinski definition) is 7. The number of fused-ring (bicyclic) bond motifs is 1. The molecule has 48 heavy (non-hydrogen) atoms. The van der Waals surface area contributed by atoms with Gasteiger partial charge >= 0.3 is 5.97 Å². The zero-order valence-corrected chi connectivity index (χ0v) is 28.4. The summed E-state index contributed by atoms with van der Waals surface area (Å²) in [6.07, 6.45) is 12.4. The minimum absolute atomic E-state index is 0.0653. The first kappa shape index (κ1) is 34.4. The van der Waals surface area contributed by atoms with E-state index in [0.29, 0.717) is 25.4 Å². The van der Waals surface area contributed by atoms with Gasteiger partial charge in [-0.2, -0.15) is 5.10 Å². The number of likely N-dealkylation sites (tertiary alicyclic amines) is 1. The van der Waals surface area contributed by atoms with Gasteiger partial charge in [-0.05, 0) is 100 Å². The van der Waals surface area contributed by atoms with Crippen LogP contribution in [0.4, 0.5) is 14.6 Å². The Bertz CT molecular complexity index is 1530. The third kappa shape index (κ3) is 8.40. The van der Waals surface area contributed by atoms with E-state index in [0.717, 1.165) is 105 Å². The smallest absolute Gasteiger partial charge is 0.306 e. The van der Waals surface area contributed by atoms with E-state index in [9.17, 15) is 18.7 Å². The molecule has 0 amide bonds. The maximum Gasteiger partial charge on any atom is 0.306 e. The van der Waals surface area contributed by atoms with Crippen LogP contribution in [0.1, 0.15) is 98.5 Å². The number of nitrogens with one attached hydrogen (secondary N) is 2. The number of benzene rings is 1. The summed E-state index contributed by atoms with van der Waals surface area (Å²) >= 11 is 0. The highest BCUT2D eigenvalue weighted by atomic mass is 19.1. The van der Waals surface area contributed by atoms with E-state index in [1.54, 1.807) is 12.1 Å². The highest BCUT2D eigenvalue weighted by molar-refractivity contribution is 5.70. The Labute approximate surface area is 282 Å². The molecular formula is C37H51F2N7O2. The second kappa shape index (κ2) is 15.8. The van der Waals surface area contributed by atoms with Crippen molar-refractivity contribution in [2.75, 3.05) is 31.6 Å². The molecule has 3 aliphatic rings. The third-order valence-corrected chi connectivity index (χ3v) is 11.0. The van der Waals surface area contributed by atoms with Crippen molar-refractivity contribution in [1.82, 2.24) is 30.0 Å². The maximum atomic E-state index is 14.2. The van der Waals surface area contributed by atoms with Crippen LogP contribution in [0.5, 0.6) is 0 Å². The number of aliphatic carboxylic acids is 1. The molecule has 2 aliphatic carbocycles. The average molecular weight is 664 g/mol. The lowest BCUT2D eigenvalue weighted by Gasteiger charge is -2.35. The predicted molar refractivity (Wildman–Crippen MR) is 182 cm³/mol. The molecule has 6 rings (SSSR count). The molecule has 0 radical (unpaired) electrons. The molecule has 260 valence electrons. The van der Waals surface area contributed by atoms with Crippen LogP contribution in [-0.4, -0.2) is 68.1 Å². The standard InChI is InChI=1S/C37H51F2N7O2/c1-3-32(25-9-11-26(12-10-25)37(47)48)40-20-35-42-33-14-13-28(27-7-4-8-30(39)16-27)17-31(33)36(44-35)43-34(29-19-41-45(2)22-29)23-46-15-5-6-24(18-38)21-46/h4,7-8,16,19,22,24-26,28,32,34,40H,3,5-6,9-15,17-18,20-21,23H2,1-2H3,(H,47,48)(H,42,43,44)/t24-,25?,26?,28-,32-,34+/m1/s1. The van der Waals surface area contributed by atoms with Crippen molar-refractivity contribution in [3.63, 3.8) is 0 Å². The van der Waals surface area contributed by atoms with Crippen LogP contribution >= 0.6 is 0 Å². The largest absolute Gasteiger partial charge is 0.481 e. The SMILES string of the molecule is CC[C@@H](NCc1nc2c(c(N[C@@H](CN3CCC[C@H](CF)C3)c3cnn(C)c3)n1)C[C@H](c1cccc(F)c1)CC2)C1CCC(C(=O)O)CC1. The summed E-state index contributed by atoms with van der Waals surface area (Å²) < 4.78 is 29.8. The summed E-state index contributed by atoms with van der Waals surface area (Å²) in [6.45, 7) is 4.79. The zero-order chi connectivity index (χ0) is 33.6. The number of aryl methyl sites for hydroxylation is 2. The molecule has 1 saturated heterocycles. The van der Waals surface area contributed by atoms with Crippen molar-refractivity contribution in [1.29, 1.82) is 0 Å². The number of aromatic nitrogens is 4. The molecule has 3 aromatic rings. The number of piperidine rings is 1. The van der Waals surface area contributed by atoms with Gasteiger partial charge in [0.1, 0.15) is 17.5 Å². The van der Waals surface area contributed by atoms with Crippen molar-refractivity contribution in [3.05, 3.63) is 70.7 Å². The van der Waals surface area contributed by atoms with E-state index < -0.39 is 5.97 Å². The van der Waals surface area contributed by atoms with E-state index in [-0.39, 0.29) is 42.3 Å². The number of nitrogens with zero attached hydrogens (tertiary/aromatic N) is 5. The Morgan fingerprint density at radius 1 is 1.15 bits per heavy atom. The normalized spacial score (nSPS) is 24.5. The lowest BCUT2D eigenvalue weighted by atomic mass is 9.78. The third-order valence-electron chi connectivity index (χ3n) is 11.0. The second-order valence-corrected chi connectivity index (χ2v) is 14.3. The van der Waals surface area contributed by atoms with Gasteiger partial charge in [0.2, 0.25) is 0 Å². The summed E-state index contributed by atoms with van der Waals surface area (Å²) in [5.74, 6) is 1.07. The van der Waals surface area contributed by atoms with Gasteiger partial charge in [0.15, 0.2) is 0 Å². The van der Waals surface area contributed by atoms with Gasteiger partial charge in [-0.25, -0.2) is 14.4 Å². The molecular weight excluding hydrogens is 612 g/mol. The van der Waals surface area contributed by atoms with Crippen molar-refractivity contribution >= 4 is 11.8 Å². The Morgan fingerprint density at radius 2 is 1.98 bits per heavy atom. The number of carboxylic acid groups (broad SMARTS) is 1. The highest BCUT2D eigenvalue weighted by Crippen LogP contribution is 2.37. The lowest BCUT2D eigenvalue weighted by molar-refractivity contribution is -0.143. The minimum Gasteiger partial charge on any atom is -0.481 e. The Hall–Kier alpha value is -3.44. The van der Waals surface area contributed by atoms with E-state index >= 15 is 0 Å². The van der Waals surface area contributed by atoms with Gasteiger partial charge in [0.05, 0.1) is 31.4 Å². The predicted octanol–water partition coefficient (Wildman–Crippen LogP) is 6.22. The Kier molecular flexibility index (Phi) is 11.4. The van der Waals surface area contributed by atoms with E-state index in [1.165, 1.54) is 6.07 Å². The number of carboxylic acids is 1. The second-order valence-electron chi connectivity index (χ2n) is 14.3. The molecule has 1 aromatic carbocycles. The first-order valence-electron chi connectivity index (χ1n) is 17.9. The maximum absolute atomic E-state index is 14.2. The summed E-state index contributed by atoms with van der Waals surface area (Å²) in [5.41, 5.74) is 4.15. The van der Waals surface area contributed by atoms with E-state index in [2.05, 4.69) is 27.6 Å². The van der Waals surface area contributed by atoms with Crippen molar-refractivity contribution in [2.45, 2.75) is 95.7 Å². The average Bonchev–Trinajstić information content (AvgIpc) is 3.54. The van der Waals surface area contributed by atoms with Crippen LogP contribution in [0.25, 0.3) is 0 Å². The number of alkyl halides is 1. The van der Waals surface area contributed by atoms with Crippen LogP contribution in [0, 0.1) is 23.6 Å². The molecule has 0 unspecified atom stereocenters. The van der Waals surface area contributed by atoms with E-state index in [4.69, 9.17) is 9.97 Å². The van der Waals surface area contributed by atoms with Gasteiger partial charge in [-0.3, -0.25) is 13.9 Å². The highest BCUT2D eigenvalue weighted by Gasteiger charge is 2.31. The summed E-state index contributed by atoms with van der Waals surface area (Å²) in [5, 5.41) is 21.5. The Morgan fingerprint density at radius 3 is 2.69 bits per heavy atom. The van der Waals surface area contributed by atoms with Gasteiger partial charge in [-0.15, -0.1) is 0 Å². The first-order chi connectivity index (χ1) is 23.3. The minimum atomic E-state index is -0.677. The van der Waals surface area contributed by atoms with Gasteiger partial charge < -0.3 is 20.6 Å². The summed E-state index contributed by atoms with van der Waals surface area (Å²) in [6, 6.07) is 7.08. The topological polar surface area (TPSA) is 108 Å². The molecule has 1 aliphatic heterocycles. The fraction of sp³-hybridized carbons (Fsp3) is 0.622. The van der Waals surface area contributed by atoms with Crippen LogP contribution in [0.15, 0.2) is 36.7 Å². The molecule has 2 aromatic heterocycles. The lowest BCUT2D eigenvalue weighted by Crippen LogP contribution is -2.40. The number of hydrogen-bond donors (Lipinski definition) is 3. The number of carbonyl (C=O) groups is 1.